The number of esters is 1. The van der Waals surface area contributed by atoms with Crippen molar-refractivity contribution in [2.24, 2.45) is 0 Å². The molecule has 0 spiro atoms. The lowest BCUT2D eigenvalue weighted by molar-refractivity contribution is -0.150. The van der Waals surface area contributed by atoms with Crippen LogP contribution in [0, 0.1) is 13.8 Å². The number of carbonyl (C=O) groups is 3. The molecule has 0 aromatic carbocycles. The first-order valence-corrected chi connectivity index (χ1v) is 9.43. The number of rotatable bonds is 4. The van der Waals surface area contributed by atoms with E-state index in [1.165, 1.54) is 6.92 Å². The maximum Gasteiger partial charge on any atom is 0.329 e. The van der Waals surface area contributed by atoms with E-state index in [9.17, 15) is 14.4 Å². The molecule has 26 heavy (non-hydrogen) atoms. The van der Waals surface area contributed by atoms with Crippen molar-refractivity contribution in [1.82, 2.24) is 9.47 Å². The van der Waals surface area contributed by atoms with Crippen molar-refractivity contribution in [2.75, 3.05) is 6.61 Å². The Morgan fingerprint density at radius 3 is 2.42 bits per heavy atom. The quantitative estimate of drug-likeness (QED) is 0.588. The third-order valence-electron chi connectivity index (χ3n) is 4.27. The van der Waals surface area contributed by atoms with Gasteiger partial charge in [-0.05, 0) is 77.9 Å². The molecule has 2 heterocycles. The summed E-state index contributed by atoms with van der Waals surface area (Å²) in [4.78, 5) is 38.1. The molecule has 1 aromatic rings. The van der Waals surface area contributed by atoms with Gasteiger partial charge in [-0.3, -0.25) is 14.5 Å². The van der Waals surface area contributed by atoms with E-state index in [-0.39, 0.29) is 12.1 Å². The van der Waals surface area contributed by atoms with Gasteiger partial charge in [0.15, 0.2) is 0 Å². The molecule has 0 N–H and O–H groups in total. The van der Waals surface area contributed by atoms with Crippen molar-refractivity contribution in [3.05, 3.63) is 27.9 Å². The summed E-state index contributed by atoms with van der Waals surface area (Å²) >= 11 is 0.853. The van der Waals surface area contributed by atoms with Gasteiger partial charge in [-0.2, -0.15) is 0 Å². The zero-order valence-electron chi connectivity index (χ0n) is 16.4. The molecule has 1 aliphatic heterocycles. The lowest BCUT2D eigenvalue weighted by atomic mass is 10.1. The van der Waals surface area contributed by atoms with E-state index in [4.69, 9.17) is 4.74 Å². The third-order valence-corrected chi connectivity index (χ3v) is 5.15. The number of carbonyl (C=O) groups excluding carboxylic acids is 3. The molecule has 0 bridgehead atoms. The summed E-state index contributed by atoms with van der Waals surface area (Å²) < 4.78 is 7.12. The Morgan fingerprint density at radius 1 is 1.31 bits per heavy atom. The number of thioether (sulfide) groups is 1. The monoisotopic (exact) mass is 378 g/mol. The highest BCUT2D eigenvalue weighted by atomic mass is 32.2. The van der Waals surface area contributed by atoms with Gasteiger partial charge in [-0.1, -0.05) is 0 Å². The molecule has 0 unspecified atom stereocenters. The smallest absolute Gasteiger partial charge is 0.329 e. The Kier molecular flexibility index (Phi) is 5.70. The van der Waals surface area contributed by atoms with Gasteiger partial charge in [0.25, 0.3) is 11.1 Å². The lowest BCUT2D eigenvalue weighted by Gasteiger charge is -2.25. The Hall–Kier alpha value is -2.02. The van der Waals surface area contributed by atoms with Gasteiger partial charge in [0.2, 0.25) is 0 Å². The van der Waals surface area contributed by atoms with Gasteiger partial charge < -0.3 is 9.30 Å². The molecule has 2 amide bonds. The standard InChI is InChI=1S/C19H26N2O4S/c1-8-25-17(23)13(4)20-16(22)15(26-18(20)24)10-14-9-11(2)21(12(14)3)19(5,6)7/h9-10,13H,8H2,1-7H3/b15-10+/t13-/m1/s1. The number of ether oxygens (including phenoxy) is 1. The zero-order chi connectivity index (χ0) is 19.8. The minimum absolute atomic E-state index is 0.0853. The molecule has 142 valence electrons. The van der Waals surface area contributed by atoms with E-state index in [0.29, 0.717) is 4.91 Å². The molecule has 0 radical (unpaired) electrons. The van der Waals surface area contributed by atoms with Crippen LogP contribution in [0.4, 0.5) is 4.79 Å². The average molecular weight is 378 g/mol. The normalized spacial score (nSPS) is 18.0. The number of imide groups is 1. The summed E-state index contributed by atoms with van der Waals surface area (Å²) in [5.74, 6) is -1.04. The molecule has 1 saturated heterocycles. The number of hydrogen-bond acceptors (Lipinski definition) is 5. The van der Waals surface area contributed by atoms with Gasteiger partial charge in [0.05, 0.1) is 11.5 Å². The van der Waals surface area contributed by atoms with Crippen LogP contribution >= 0.6 is 11.8 Å². The molecule has 0 aliphatic carbocycles. The second kappa shape index (κ2) is 7.31. The predicted octanol–water partition coefficient (Wildman–Crippen LogP) is 3.85. The predicted molar refractivity (Wildman–Crippen MR) is 103 cm³/mol. The van der Waals surface area contributed by atoms with Gasteiger partial charge in [-0.15, -0.1) is 0 Å². The van der Waals surface area contributed by atoms with Crippen LogP contribution in [0.1, 0.15) is 51.6 Å². The van der Waals surface area contributed by atoms with Crippen LogP contribution in [0.3, 0.4) is 0 Å². The van der Waals surface area contributed by atoms with Crippen molar-refractivity contribution in [3.8, 4) is 0 Å². The Bertz CT molecular complexity index is 786. The van der Waals surface area contributed by atoms with Crippen LogP contribution in [0.25, 0.3) is 6.08 Å². The van der Waals surface area contributed by atoms with Crippen LogP contribution < -0.4 is 0 Å². The molecule has 1 fully saturated rings. The maximum atomic E-state index is 12.7. The Morgan fingerprint density at radius 2 is 1.92 bits per heavy atom. The fourth-order valence-electron chi connectivity index (χ4n) is 3.29. The van der Waals surface area contributed by atoms with Crippen molar-refractivity contribution < 1.29 is 19.1 Å². The second-order valence-corrected chi connectivity index (χ2v) is 8.31. The van der Waals surface area contributed by atoms with E-state index in [2.05, 4.69) is 25.3 Å². The van der Waals surface area contributed by atoms with Crippen LogP contribution in [-0.4, -0.2) is 39.2 Å². The minimum Gasteiger partial charge on any atom is -0.464 e. The van der Waals surface area contributed by atoms with Gasteiger partial charge in [0.1, 0.15) is 6.04 Å². The zero-order valence-corrected chi connectivity index (χ0v) is 17.2. The van der Waals surface area contributed by atoms with Crippen LogP contribution in [-0.2, 0) is 19.9 Å². The summed E-state index contributed by atoms with van der Waals surface area (Å²) in [6, 6.07) is 1.07. The fourth-order valence-corrected chi connectivity index (χ4v) is 4.19. The topological polar surface area (TPSA) is 68.6 Å². The summed E-state index contributed by atoms with van der Waals surface area (Å²) in [7, 11) is 0. The largest absolute Gasteiger partial charge is 0.464 e. The second-order valence-electron chi connectivity index (χ2n) is 7.31. The van der Waals surface area contributed by atoms with Crippen LogP contribution in [0.5, 0.6) is 0 Å². The van der Waals surface area contributed by atoms with Gasteiger partial charge in [-0.25, -0.2) is 4.79 Å². The van der Waals surface area contributed by atoms with Gasteiger partial charge >= 0.3 is 5.97 Å². The van der Waals surface area contributed by atoms with Crippen LogP contribution in [0.2, 0.25) is 0 Å². The number of aromatic nitrogens is 1. The molecular formula is C19H26N2O4S. The molecular weight excluding hydrogens is 352 g/mol. The van der Waals surface area contributed by atoms with Crippen molar-refractivity contribution in [2.45, 2.75) is 60.0 Å². The molecule has 6 nitrogen and oxygen atoms in total. The number of hydrogen-bond donors (Lipinski definition) is 0. The number of nitrogens with zero attached hydrogens (tertiary/aromatic N) is 2. The van der Waals surface area contributed by atoms with E-state index in [1.807, 2.05) is 19.9 Å². The summed E-state index contributed by atoms with van der Waals surface area (Å²) in [5, 5.41) is -0.452. The number of aryl methyl sites for hydroxylation is 1. The highest BCUT2D eigenvalue weighted by Crippen LogP contribution is 2.35. The Labute approximate surface area is 158 Å². The first kappa shape index (κ1) is 20.3. The molecule has 0 saturated carbocycles. The summed E-state index contributed by atoms with van der Waals surface area (Å²) in [5.41, 5.74) is 2.92. The average Bonchev–Trinajstić information content (AvgIpc) is 2.95. The summed E-state index contributed by atoms with van der Waals surface area (Å²) in [6.07, 6.45) is 1.73. The molecule has 7 heteroatoms. The van der Waals surface area contributed by atoms with Crippen molar-refractivity contribution >= 4 is 35.0 Å². The third kappa shape index (κ3) is 3.72. The van der Waals surface area contributed by atoms with E-state index in [0.717, 1.165) is 33.6 Å². The maximum absolute atomic E-state index is 12.7. The van der Waals surface area contributed by atoms with E-state index >= 15 is 0 Å². The first-order chi connectivity index (χ1) is 12.0. The lowest BCUT2D eigenvalue weighted by Crippen LogP contribution is -2.42. The van der Waals surface area contributed by atoms with Crippen LogP contribution in [0.15, 0.2) is 11.0 Å². The summed E-state index contributed by atoms with van der Waals surface area (Å²) in [6.45, 7) is 13.8. The first-order valence-electron chi connectivity index (χ1n) is 8.62. The van der Waals surface area contributed by atoms with E-state index in [1.54, 1.807) is 13.0 Å². The minimum atomic E-state index is -0.935. The fraction of sp³-hybridized carbons (Fsp3) is 0.526. The Balaban J connectivity index is 2.36. The van der Waals surface area contributed by atoms with Crippen molar-refractivity contribution in [3.63, 3.8) is 0 Å². The molecule has 2 rings (SSSR count). The highest BCUT2D eigenvalue weighted by molar-refractivity contribution is 8.18. The SMILES string of the molecule is CCOC(=O)[C@@H](C)N1C(=O)S/C(=C/c2cc(C)n(C(C)(C)C)c2C)C1=O. The number of amides is 2. The molecule has 1 aliphatic rings. The molecule has 1 atom stereocenters. The van der Waals surface area contributed by atoms with Gasteiger partial charge in [0, 0.05) is 16.9 Å². The van der Waals surface area contributed by atoms with Crippen molar-refractivity contribution in [1.29, 1.82) is 0 Å². The highest BCUT2D eigenvalue weighted by Gasteiger charge is 2.41. The molecule has 1 aromatic heterocycles. The van der Waals surface area contributed by atoms with E-state index < -0.39 is 23.2 Å².